The molecular formula is C27H25N5O5. The highest BCUT2D eigenvalue weighted by atomic mass is 16.4. The second-order valence-corrected chi connectivity index (χ2v) is 8.37. The minimum Gasteiger partial charge on any atom is -0.481 e. The number of aromatic nitrogens is 2. The highest BCUT2D eigenvalue weighted by molar-refractivity contribution is 5.97. The molecular weight excluding hydrogens is 474 g/mol. The number of aliphatic carboxylic acids is 2. The lowest BCUT2D eigenvalue weighted by Gasteiger charge is -2.14. The van der Waals surface area contributed by atoms with Gasteiger partial charge in [-0.3, -0.25) is 9.59 Å². The summed E-state index contributed by atoms with van der Waals surface area (Å²) in [7, 11) is 0. The van der Waals surface area contributed by atoms with Crippen molar-refractivity contribution in [1.29, 1.82) is 0 Å². The van der Waals surface area contributed by atoms with E-state index < -0.39 is 23.9 Å². The van der Waals surface area contributed by atoms with E-state index in [4.69, 9.17) is 10.8 Å². The highest BCUT2D eigenvalue weighted by Gasteiger charge is 2.21. The smallest absolute Gasteiger partial charge is 0.326 e. The Kier molecular flexibility index (Phi) is 7.58. The summed E-state index contributed by atoms with van der Waals surface area (Å²) in [6, 6.07) is 20.6. The summed E-state index contributed by atoms with van der Waals surface area (Å²) in [5.41, 5.74) is 11.1. The van der Waals surface area contributed by atoms with Crippen LogP contribution >= 0.6 is 0 Å². The maximum absolute atomic E-state index is 12.4. The number of fused-ring (bicyclic) bond motifs is 1. The number of carbonyl (C=O) groups excluding carboxylic acids is 1. The lowest BCUT2D eigenvalue weighted by Crippen LogP contribution is -2.41. The van der Waals surface area contributed by atoms with Crippen LogP contribution in [0.5, 0.6) is 0 Å². The van der Waals surface area contributed by atoms with Crippen molar-refractivity contribution in [1.82, 2.24) is 15.3 Å². The van der Waals surface area contributed by atoms with Crippen LogP contribution < -0.4 is 16.4 Å². The van der Waals surface area contributed by atoms with Gasteiger partial charge in [-0.25, -0.2) is 14.8 Å². The van der Waals surface area contributed by atoms with Crippen LogP contribution in [-0.4, -0.2) is 44.1 Å². The number of hydrogen-bond acceptors (Lipinski definition) is 7. The van der Waals surface area contributed by atoms with Gasteiger partial charge in [0.25, 0.3) is 5.91 Å². The molecule has 3 aromatic carbocycles. The zero-order valence-corrected chi connectivity index (χ0v) is 19.7. The Hall–Kier alpha value is -4.99. The van der Waals surface area contributed by atoms with Crippen LogP contribution in [0.3, 0.4) is 0 Å². The second-order valence-electron chi connectivity index (χ2n) is 8.37. The van der Waals surface area contributed by atoms with Crippen LogP contribution in [0.25, 0.3) is 22.3 Å². The Labute approximate surface area is 212 Å². The van der Waals surface area contributed by atoms with Crippen molar-refractivity contribution in [3.05, 3.63) is 83.9 Å². The Morgan fingerprint density at radius 2 is 1.62 bits per heavy atom. The van der Waals surface area contributed by atoms with Crippen LogP contribution in [0.15, 0.2) is 72.8 Å². The predicted molar refractivity (Wildman–Crippen MR) is 139 cm³/mol. The largest absolute Gasteiger partial charge is 0.481 e. The van der Waals surface area contributed by atoms with E-state index in [1.165, 1.54) is 0 Å². The monoisotopic (exact) mass is 499 g/mol. The Morgan fingerprint density at radius 3 is 2.30 bits per heavy atom. The summed E-state index contributed by atoms with van der Waals surface area (Å²) in [6.45, 7) is 0.486. The molecule has 4 rings (SSSR count). The summed E-state index contributed by atoms with van der Waals surface area (Å²) in [5, 5.41) is 23.6. The summed E-state index contributed by atoms with van der Waals surface area (Å²) in [6.07, 6.45) is -0.563. The topological polar surface area (TPSA) is 168 Å². The van der Waals surface area contributed by atoms with E-state index in [0.29, 0.717) is 23.6 Å². The first kappa shape index (κ1) is 25.1. The fourth-order valence-corrected chi connectivity index (χ4v) is 3.74. The molecule has 0 spiro atoms. The SMILES string of the molecule is Nc1nc2cc(CNc3ccc(C(=O)NC(CCC(=O)O)C(=O)O)cc3)ccc2nc1-c1ccccc1. The van der Waals surface area contributed by atoms with Gasteiger partial charge >= 0.3 is 11.9 Å². The maximum atomic E-state index is 12.4. The summed E-state index contributed by atoms with van der Waals surface area (Å²) in [5.74, 6) is -2.66. The third-order valence-electron chi connectivity index (χ3n) is 5.70. The third kappa shape index (κ3) is 6.37. The van der Waals surface area contributed by atoms with Gasteiger partial charge in [0.1, 0.15) is 11.7 Å². The molecule has 0 aliphatic rings. The molecule has 10 heteroatoms. The summed E-state index contributed by atoms with van der Waals surface area (Å²) < 4.78 is 0. The minimum atomic E-state index is -1.29. The van der Waals surface area contributed by atoms with Crippen molar-refractivity contribution in [2.45, 2.75) is 25.4 Å². The Balaban J connectivity index is 1.39. The average Bonchev–Trinajstić information content (AvgIpc) is 2.89. The number of carboxylic acid groups (broad SMARTS) is 2. The zero-order chi connectivity index (χ0) is 26.4. The average molecular weight is 500 g/mol. The van der Waals surface area contributed by atoms with Crippen molar-refractivity contribution in [2.24, 2.45) is 0 Å². The molecule has 1 aromatic heterocycles. The number of nitrogens with one attached hydrogen (secondary N) is 2. The lowest BCUT2D eigenvalue weighted by atomic mass is 10.1. The molecule has 1 atom stereocenters. The van der Waals surface area contributed by atoms with E-state index in [-0.39, 0.29) is 18.4 Å². The van der Waals surface area contributed by atoms with E-state index >= 15 is 0 Å². The minimum absolute atomic E-state index is 0.203. The number of hydrogen-bond donors (Lipinski definition) is 5. The Bertz CT molecular complexity index is 1440. The van der Waals surface area contributed by atoms with Crippen molar-refractivity contribution in [2.75, 3.05) is 11.1 Å². The molecule has 10 nitrogen and oxygen atoms in total. The van der Waals surface area contributed by atoms with Gasteiger partial charge in [-0.05, 0) is 48.4 Å². The zero-order valence-electron chi connectivity index (χ0n) is 19.7. The quantitative estimate of drug-likeness (QED) is 0.219. The van der Waals surface area contributed by atoms with Crippen LogP contribution in [-0.2, 0) is 16.1 Å². The first-order chi connectivity index (χ1) is 17.8. The predicted octanol–water partition coefficient (Wildman–Crippen LogP) is 3.54. The normalized spacial score (nSPS) is 11.6. The first-order valence-corrected chi connectivity index (χ1v) is 11.5. The number of nitrogen functional groups attached to an aromatic ring is 1. The molecule has 0 fully saturated rings. The van der Waals surface area contributed by atoms with Gasteiger partial charge < -0.3 is 26.6 Å². The fraction of sp³-hybridized carbons (Fsp3) is 0.148. The van der Waals surface area contributed by atoms with Gasteiger partial charge in [-0.2, -0.15) is 0 Å². The molecule has 1 amide bonds. The fourth-order valence-electron chi connectivity index (χ4n) is 3.74. The summed E-state index contributed by atoms with van der Waals surface area (Å²) in [4.78, 5) is 43.6. The van der Waals surface area contributed by atoms with Crippen LogP contribution in [0.2, 0.25) is 0 Å². The molecule has 0 saturated heterocycles. The van der Waals surface area contributed by atoms with Crippen LogP contribution in [0.4, 0.5) is 11.5 Å². The molecule has 0 aliphatic carbocycles. The van der Waals surface area contributed by atoms with E-state index in [2.05, 4.69) is 20.6 Å². The second kappa shape index (κ2) is 11.2. The van der Waals surface area contributed by atoms with Crippen LogP contribution in [0.1, 0.15) is 28.8 Å². The maximum Gasteiger partial charge on any atom is 0.326 e. The molecule has 37 heavy (non-hydrogen) atoms. The van der Waals surface area contributed by atoms with Gasteiger partial charge in [0.15, 0.2) is 5.82 Å². The van der Waals surface area contributed by atoms with Crippen LogP contribution in [0, 0.1) is 0 Å². The van der Waals surface area contributed by atoms with Crippen molar-refractivity contribution < 1.29 is 24.6 Å². The molecule has 1 heterocycles. The Morgan fingerprint density at radius 1 is 0.892 bits per heavy atom. The molecule has 188 valence electrons. The number of benzene rings is 3. The van der Waals surface area contributed by atoms with Crippen molar-refractivity contribution in [3.8, 4) is 11.3 Å². The van der Waals surface area contributed by atoms with Gasteiger partial charge in [-0.1, -0.05) is 36.4 Å². The lowest BCUT2D eigenvalue weighted by molar-refractivity contribution is -0.140. The first-order valence-electron chi connectivity index (χ1n) is 11.5. The number of nitrogens with two attached hydrogens (primary N) is 1. The van der Waals surface area contributed by atoms with E-state index in [9.17, 15) is 19.5 Å². The molecule has 4 aromatic rings. The highest BCUT2D eigenvalue weighted by Crippen LogP contribution is 2.25. The van der Waals surface area contributed by atoms with Gasteiger partial charge in [0, 0.05) is 29.8 Å². The number of anilines is 2. The van der Waals surface area contributed by atoms with Gasteiger partial charge in [-0.15, -0.1) is 0 Å². The number of amides is 1. The van der Waals surface area contributed by atoms with Gasteiger partial charge in [0.2, 0.25) is 0 Å². The molecule has 0 saturated carbocycles. The van der Waals surface area contributed by atoms with Gasteiger partial charge in [0.05, 0.1) is 11.0 Å². The van der Waals surface area contributed by atoms with E-state index in [1.807, 2.05) is 48.5 Å². The number of carbonyl (C=O) groups is 3. The number of rotatable bonds is 10. The number of nitrogens with zero attached hydrogens (tertiary/aromatic N) is 2. The van der Waals surface area contributed by atoms with E-state index in [1.54, 1.807) is 24.3 Å². The molecule has 6 N–H and O–H groups in total. The third-order valence-corrected chi connectivity index (χ3v) is 5.70. The van der Waals surface area contributed by atoms with Crippen molar-refractivity contribution >= 4 is 40.4 Å². The molecule has 0 radical (unpaired) electrons. The molecule has 0 aliphatic heterocycles. The standard InChI is InChI=1S/C27H25N5O5/c28-25-24(17-4-2-1-3-5-17)30-20-11-6-16(14-22(20)31-25)15-29-19-9-7-18(8-10-19)26(35)32-21(27(36)37)12-13-23(33)34/h1-11,14,21,29H,12-13,15H2,(H2,28,31)(H,32,35)(H,33,34)(H,36,37). The number of carboxylic acids is 2. The summed E-state index contributed by atoms with van der Waals surface area (Å²) >= 11 is 0. The molecule has 0 bridgehead atoms. The molecule has 1 unspecified atom stereocenters. The van der Waals surface area contributed by atoms with Crippen molar-refractivity contribution in [3.63, 3.8) is 0 Å². The van der Waals surface area contributed by atoms with E-state index in [0.717, 1.165) is 22.3 Å².